The van der Waals surface area contributed by atoms with Crippen molar-refractivity contribution >= 4 is 5.97 Å². The van der Waals surface area contributed by atoms with Crippen LogP contribution in [0.1, 0.15) is 40.5 Å². The number of rotatable bonds is 7. The fourth-order valence-electron chi connectivity index (χ4n) is 1.48. The SMILES string of the molecule is CCC(CC)(CNCC(C)C)C(=O)O. The highest BCUT2D eigenvalue weighted by atomic mass is 16.4. The fourth-order valence-corrected chi connectivity index (χ4v) is 1.48. The van der Waals surface area contributed by atoms with Crippen LogP contribution < -0.4 is 5.32 Å². The van der Waals surface area contributed by atoms with Gasteiger partial charge in [-0.3, -0.25) is 4.79 Å². The fraction of sp³-hybridized carbons (Fsp3) is 0.909. The van der Waals surface area contributed by atoms with Crippen LogP contribution in [0.4, 0.5) is 0 Å². The molecule has 0 heterocycles. The van der Waals surface area contributed by atoms with Crippen molar-refractivity contribution in [1.82, 2.24) is 5.32 Å². The molecule has 0 bridgehead atoms. The van der Waals surface area contributed by atoms with E-state index >= 15 is 0 Å². The van der Waals surface area contributed by atoms with E-state index in [0.717, 1.165) is 6.54 Å². The van der Waals surface area contributed by atoms with Crippen LogP contribution in [0.15, 0.2) is 0 Å². The van der Waals surface area contributed by atoms with E-state index in [4.69, 9.17) is 5.11 Å². The van der Waals surface area contributed by atoms with Gasteiger partial charge in [0.2, 0.25) is 0 Å². The standard InChI is InChI=1S/C11H23NO2/c1-5-11(6-2,10(13)14)8-12-7-9(3)4/h9,12H,5-8H2,1-4H3,(H,13,14). The molecule has 0 amide bonds. The van der Waals surface area contributed by atoms with Crippen molar-refractivity contribution in [1.29, 1.82) is 0 Å². The van der Waals surface area contributed by atoms with Gasteiger partial charge < -0.3 is 10.4 Å². The van der Waals surface area contributed by atoms with Crippen LogP contribution in [-0.2, 0) is 4.79 Å². The van der Waals surface area contributed by atoms with Crippen molar-refractivity contribution in [3.63, 3.8) is 0 Å². The monoisotopic (exact) mass is 201 g/mol. The zero-order valence-electron chi connectivity index (χ0n) is 9.76. The molecule has 0 fully saturated rings. The summed E-state index contributed by atoms with van der Waals surface area (Å²) < 4.78 is 0. The number of carbonyl (C=O) groups is 1. The molecule has 0 radical (unpaired) electrons. The Morgan fingerprint density at radius 3 is 2.14 bits per heavy atom. The summed E-state index contributed by atoms with van der Waals surface area (Å²) in [4.78, 5) is 11.1. The van der Waals surface area contributed by atoms with Crippen molar-refractivity contribution in [3.8, 4) is 0 Å². The second-order valence-electron chi connectivity index (χ2n) is 4.32. The van der Waals surface area contributed by atoms with E-state index in [-0.39, 0.29) is 0 Å². The lowest BCUT2D eigenvalue weighted by Gasteiger charge is -2.27. The molecule has 0 aliphatic rings. The van der Waals surface area contributed by atoms with Crippen molar-refractivity contribution in [2.24, 2.45) is 11.3 Å². The summed E-state index contributed by atoms with van der Waals surface area (Å²) in [6.45, 7) is 9.58. The van der Waals surface area contributed by atoms with Gasteiger partial charge in [0.15, 0.2) is 0 Å². The second kappa shape index (κ2) is 6.02. The molecule has 0 aliphatic carbocycles. The van der Waals surface area contributed by atoms with E-state index in [2.05, 4.69) is 19.2 Å². The molecule has 14 heavy (non-hydrogen) atoms. The largest absolute Gasteiger partial charge is 0.481 e. The molecule has 0 aromatic heterocycles. The van der Waals surface area contributed by atoms with E-state index in [0.29, 0.717) is 25.3 Å². The van der Waals surface area contributed by atoms with Gasteiger partial charge in [-0.15, -0.1) is 0 Å². The average Bonchev–Trinajstić information content (AvgIpc) is 2.12. The van der Waals surface area contributed by atoms with Gasteiger partial charge in [-0.05, 0) is 25.3 Å². The Bertz CT molecular complexity index is 174. The van der Waals surface area contributed by atoms with Crippen LogP contribution >= 0.6 is 0 Å². The topological polar surface area (TPSA) is 49.3 Å². The average molecular weight is 201 g/mol. The van der Waals surface area contributed by atoms with E-state index in [9.17, 15) is 4.79 Å². The normalized spacial score (nSPS) is 12.1. The first-order valence-corrected chi connectivity index (χ1v) is 5.42. The molecule has 0 aromatic carbocycles. The Balaban J connectivity index is 4.16. The van der Waals surface area contributed by atoms with Crippen LogP contribution in [0.2, 0.25) is 0 Å². The van der Waals surface area contributed by atoms with Crippen molar-refractivity contribution < 1.29 is 9.90 Å². The summed E-state index contributed by atoms with van der Waals surface area (Å²) in [5, 5.41) is 12.4. The molecule has 2 N–H and O–H groups in total. The Morgan fingerprint density at radius 2 is 1.86 bits per heavy atom. The lowest BCUT2D eigenvalue weighted by atomic mass is 9.82. The summed E-state index contributed by atoms with van der Waals surface area (Å²) in [5.41, 5.74) is -0.575. The molecular weight excluding hydrogens is 178 g/mol. The minimum absolute atomic E-state index is 0.565. The van der Waals surface area contributed by atoms with Gasteiger partial charge in [0.05, 0.1) is 5.41 Å². The Hall–Kier alpha value is -0.570. The molecule has 0 aromatic rings. The molecule has 0 spiro atoms. The van der Waals surface area contributed by atoms with Crippen molar-refractivity contribution in [3.05, 3.63) is 0 Å². The Labute approximate surface area is 86.9 Å². The van der Waals surface area contributed by atoms with Gasteiger partial charge in [0, 0.05) is 6.54 Å². The number of aliphatic carboxylic acids is 1. The lowest BCUT2D eigenvalue weighted by Crippen LogP contribution is -2.41. The maximum atomic E-state index is 11.1. The molecule has 0 aliphatic heterocycles. The van der Waals surface area contributed by atoms with Crippen LogP contribution in [0.3, 0.4) is 0 Å². The number of carboxylic acids is 1. The third kappa shape index (κ3) is 3.66. The summed E-state index contributed by atoms with van der Waals surface area (Å²) in [7, 11) is 0. The second-order valence-corrected chi connectivity index (χ2v) is 4.32. The molecule has 0 rings (SSSR count). The predicted molar refractivity (Wildman–Crippen MR) is 58.4 cm³/mol. The first-order valence-electron chi connectivity index (χ1n) is 5.42. The highest BCUT2D eigenvalue weighted by molar-refractivity contribution is 5.74. The van der Waals surface area contributed by atoms with Gasteiger partial charge in [0.1, 0.15) is 0 Å². The molecule has 0 saturated carbocycles. The maximum absolute atomic E-state index is 11.1. The first-order chi connectivity index (χ1) is 6.48. The summed E-state index contributed by atoms with van der Waals surface area (Å²) in [6, 6.07) is 0. The highest BCUT2D eigenvalue weighted by Gasteiger charge is 2.34. The zero-order valence-corrected chi connectivity index (χ0v) is 9.76. The summed E-state index contributed by atoms with van der Waals surface area (Å²) >= 11 is 0. The van der Waals surface area contributed by atoms with E-state index in [1.54, 1.807) is 0 Å². The van der Waals surface area contributed by atoms with Gasteiger partial charge in [-0.25, -0.2) is 0 Å². The van der Waals surface area contributed by atoms with Gasteiger partial charge in [-0.2, -0.15) is 0 Å². The van der Waals surface area contributed by atoms with Gasteiger partial charge in [0.25, 0.3) is 0 Å². The Kier molecular flexibility index (Phi) is 5.77. The quantitative estimate of drug-likeness (QED) is 0.663. The van der Waals surface area contributed by atoms with Crippen molar-refractivity contribution in [2.45, 2.75) is 40.5 Å². The molecule has 0 saturated heterocycles. The minimum atomic E-state index is -0.682. The molecule has 0 unspecified atom stereocenters. The molecule has 84 valence electrons. The zero-order chi connectivity index (χ0) is 11.2. The Morgan fingerprint density at radius 1 is 1.36 bits per heavy atom. The van der Waals surface area contributed by atoms with Gasteiger partial charge >= 0.3 is 5.97 Å². The van der Waals surface area contributed by atoms with Crippen LogP contribution in [0.5, 0.6) is 0 Å². The first kappa shape index (κ1) is 13.4. The predicted octanol–water partition coefficient (Wildman–Crippen LogP) is 2.12. The molecular formula is C11H23NO2. The minimum Gasteiger partial charge on any atom is -0.481 e. The number of hydrogen-bond donors (Lipinski definition) is 2. The smallest absolute Gasteiger partial charge is 0.310 e. The van der Waals surface area contributed by atoms with Crippen LogP contribution in [-0.4, -0.2) is 24.2 Å². The summed E-state index contributed by atoms with van der Waals surface area (Å²) in [6.07, 6.45) is 1.37. The number of hydrogen-bond acceptors (Lipinski definition) is 2. The summed E-state index contributed by atoms with van der Waals surface area (Å²) in [5.74, 6) is -0.117. The number of carboxylic acid groups (broad SMARTS) is 1. The number of nitrogens with one attached hydrogen (secondary N) is 1. The van der Waals surface area contributed by atoms with Crippen LogP contribution in [0.25, 0.3) is 0 Å². The lowest BCUT2D eigenvalue weighted by molar-refractivity contribution is -0.149. The van der Waals surface area contributed by atoms with E-state index in [1.807, 2.05) is 13.8 Å². The van der Waals surface area contributed by atoms with E-state index < -0.39 is 11.4 Å². The van der Waals surface area contributed by atoms with E-state index in [1.165, 1.54) is 0 Å². The highest BCUT2D eigenvalue weighted by Crippen LogP contribution is 2.25. The molecule has 0 atom stereocenters. The third-order valence-corrected chi connectivity index (χ3v) is 2.82. The molecule has 3 heteroatoms. The maximum Gasteiger partial charge on any atom is 0.310 e. The third-order valence-electron chi connectivity index (χ3n) is 2.82. The van der Waals surface area contributed by atoms with Crippen LogP contribution in [0, 0.1) is 11.3 Å². The van der Waals surface area contributed by atoms with Gasteiger partial charge in [-0.1, -0.05) is 27.7 Å². The van der Waals surface area contributed by atoms with Crippen molar-refractivity contribution in [2.75, 3.05) is 13.1 Å². The molecule has 3 nitrogen and oxygen atoms in total.